The first-order valence-electron chi connectivity index (χ1n) is 6.10. The number of aromatic nitrogens is 2. The van der Waals surface area contributed by atoms with Gasteiger partial charge in [0.25, 0.3) is 5.56 Å². The van der Waals surface area contributed by atoms with Gasteiger partial charge in [0.05, 0.1) is 18.6 Å². The van der Waals surface area contributed by atoms with E-state index in [4.69, 9.17) is 10.5 Å². The van der Waals surface area contributed by atoms with Gasteiger partial charge in [-0.2, -0.15) is 11.3 Å². The molecule has 0 aliphatic carbocycles. The number of ether oxygens (including phenoxy) is 1. The summed E-state index contributed by atoms with van der Waals surface area (Å²) in [5.41, 5.74) is 7.36. The molecule has 2 heterocycles. The SMILES string of the molecule is CCOC(=O)Cc1c(N)nc(-c2cscc2C)[nH]c1=O. The van der Waals surface area contributed by atoms with Crippen LogP contribution in [0.15, 0.2) is 15.6 Å². The van der Waals surface area contributed by atoms with Crippen LogP contribution in [0.3, 0.4) is 0 Å². The molecule has 0 radical (unpaired) electrons. The van der Waals surface area contributed by atoms with Crippen LogP contribution in [0.1, 0.15) is 18.1 Å². The Balaban J connectivity index is 2.37. The van der Waals surface area contributed by atoms with E-state index >= 15 is 0 Å². The highest BCUT2D eigenvalue weighted by Crippen LogP contribution is 2.23. The van der Waals surface area contributed by atoms with Gasteiger partial charge in [-0.1, -0.05) is 0 Å². The van der Waals surface area contributed by atoms with Gasteiger partial charge in [-0.05, 0) is 24.8 Å². The Labute approximate surface area is 119 Å². The number of thiophene rings is 1. The Hall–Kier alpha value is -2.15. The number of nitrogens with two attached hydrogens (primary N) is 1. The standard InChI is InChI=1S/C13H15N3O3S/c1-3-19-10(17)4-8-11(14)15-12(16-13(8)18)9-6-20-5-7(9)2/h5-6H,3-4H2,1-2H3,(H3,14,15,16,18). The van der Waals surface area contributed by atoms with E-state index in [1.54, 1.807) is 6.92 Å². The number of hydrogen-bond donors (Lipinski definition) is 2. The number of carbonyl (C=O) groups is 1. The van der Waals surface area contributed by atoms with Crippen LogP contribution in [-0.2, 0) is 16.0 Å². The normalized spacial score (nSPS) is 10.5. The Kier molecular flexibility index (Phi) is 4.19. The van der Waals surface area contributed by atoms with Crippen molar-refractivity contribution in [3.63, 3.8) is 0 Å². The van der Waals surface area contributed by atoms with Crippen molar-refractivity contribution in [3.05, 3.63) is 32.2 Å². The van der Waals surface area contributed by atoms with Gasteiger partial charge < -0.3 is 15.5 Å². The maximum atomic E-state index is 12.0. The Morgan fingerprint density at radius 3 is 2.80 bits per heavy atom. The van der Waals surface area contributed by atoms with Crippen LogP contribution in [0.4, 0.5) is 5.82 Å². The number of anilines is 1. The molecule has 0 aliphatic rings. The summed E-state index contributed by atoms with van der Waals surface area (Å²) < 4.78 is 4.80. The van der Waals surface area contributed by atoms with E-state index in [0.717, 1.165) is 11.1 Å². The Morgan fingerprint density at radius 1 is 1.50 bits per heavy atom. The molecule has 20 heavy (non-hydrogen) atoms. The summed E-state index contributed by atoms with van der Waals surface area (Å²) in [7, 11) is 0. The highest BCUT2D eigenvalue weighted by atomic mass is 32.1. The number of H-pyrrole nitrogens is 1. The minimum Gasteiger partial charge on any atom is -0.466 e. The first-order chi connectivity index (χ1) is 9.52. The molecule has 6 nitrogen and oxygen atoms in total. The predicted molar refractivity (Wildman–Crippen MR) is 77.7 cm³/mol. The smallest absolute Gasteiger partial charge is 0.310 e. The summed E-state index contributed by atoms with van der Waals surface area (Å²) in [6, 6.07) is 0. The maximum absolute atomic E-state index is 12.0. The second-order valence-electron chi connectivity index (χ2n) is 4.23. The van der Waals surface area contributed by atoms with Gasteiger partial charge in [-0.25, -0.2) is 4.98 Å². The van der Waals surface area contributed by atoms with E-state index in [0.29, 0.717) is 5.82 Å². The molecule has 0 saturated carbocycles. The predicted octanol–water partition coefficient (Wildman–Crippen LogP) is 1.49. The summed E-state index contributed by atoms with van der Waals surface area (Å²) in [5, 5.41) is 3.84. The zero-order chi connectivity index (χ0) is 14.7. The number of aromatic amines is 1. The molecule has 7 heteroatoms. The quantitative estimate of drug-likeness (QED) is 0.832. The van der Waals surface area contributed by atoms with E-state index in [-0.39, 0.29) is 24.4 Å². The molecule has 0 amide bonds. The number of nitrogen functional groups attached to an aromatic ring is 1. The van der Waals surface area contributed by atoms with Crippen LogP contribution in [0.25, 0.3) is 11.4 Å². The highest BCUT2D eigenvalue weighted by Gasteiger charge is 2.15. The second kappa shape index (κ2) is 5.87. The molecule has 0 saturated heterocycles. The van der Waals surface area contributed by atoms with Crippen molar-refractivity contribution in [1.29, 1.82) is 0 Å². The van der Waals surface area contributed by atoms with Gasteiger partial charge in [-0.3, -0.25) is 9.59 Å². The number of aryl methyl sites for hydroxylation is 1. The average Bonchev–Trinajstić information content (AvgIpc) is 2.80. The fourth-order valence-electron chi connectivity index (χ4n) is 1.77. The van der Waals surface area contributed by atoms with E-state index in [1.807, 2.05) is 17.7 Å². The van der Waals surface area contributed by atoms with Gasteiger partial charge in [0.2, 0.25) is 0 Å². The summed E-state index contributed by atoms with van der Waals surface area (Å²) in [6.45, 7) is 3.89. The number of nitrogens with one attached hydrogen (secondary N) is 1. The van der Waals surface area contributed by atoms with Crippen LogP contribution in [0.2, 0.25) is 0 Å². The number of esters is 1. The van der Waals surface area contributed by atoms with Crippen molar-refractivity contribution in [2.45, 2.75) is 20.3 Å². The maximum Gasteiger partial charge on any atom is 0.310 e. The topological polar surface area (TPSA) is 98.1 Å². The first kappa shape index (κ1) is 14.3. The molecule has 2 aromatic rings. The minimum absolute atomic E-state index is 0.0578. The van der Waals surface area contributed by atoms with Crippen molar-refractivity contribution in [2.24, 2.45) is 0 Å². The third-order valence-corrected chi connectivity index (χ3v) is 3.65. The Bertz CT molecular complexity index is 690. The molecular formula is C13H15N3O3S. The van der Waals surface area contributed by atoms with Gasteiger partial charge in [0.1, 0.15) is 11.6 Å². The molecule has 2 rings (SSSR count). The molecule has 0 bridgehead atoms. The average molecular weight is 293 g/mol. The van der Waals surface area contributed by atoms with Crippen molar-refractivity contribution in [1.82, 2.24) is 9.97 Å². The summed E-state index contributed by atoms with van der Waals surface area (Å²) >= 11 is 1.52. The van der Waals surface area contributed by atoms with Gasteiger partial charge in [0.15, 0.2) is 0 Å². The van der Waals surface area contributed by atoms with Crippen molar-refractivity contribution in [3.8, 4) is 11.4 Å². The van der Waals surface area contributed by atoms with E-state index in [2.05, 4.69) is 9.97 Å². The fourth-order valence-corrected chi connectivity index (χ4v) is 2.61. The molecule has 0 aliphatic heterocycles. The number of rotatable bonds is 4. The van der Waals surface area contributed by atoms with Crippen molar-refractivity contribution >= 4 is 23.1 Å². The molecule has 2 aromatic heterocycles. The van der Waals surface area contributed by atoms with Crippen LogP contribution >= 0.6 is 11.3 Å². The van der Waals surface area contributed by atoms with Gasteiger partial charge in [-0.15, -0.1) is 0 Å². The van der Waals surface area contributed by atoms with E-state index in [1.165, 1.54) is 11.3 Å². The summed E-state index contributed by atoms with van der Waals surface area (Å²) in [4.78, 5) is 30.3. The molecule has 3 N–H and O–H groups in total. The van der Waals surface area contributed by atoms with Crippen LogP contribution < -0.4 is 11.3 Å². The second-order valence-corrected chi connectivity index (χ2v) is 4.97. The van der Waals surface area contributed by atoms with Crippen LogP contribution in [-0.4, -0.2) is 22.5 Å². The zero-order valence-corrected chi connectivity index (χ0v) is 12.0. The molecule has 0 spiro atoms. The van der Waals surface area contributed by atoms with E-state index < -0.39 is 11.5 Å². The summed E-state index contributed by atoms with van der Waals surface area (Å²) in [6.07, 6.45) is -0.176. The third kappa shape index (κ3) is 2.88. The molecule has 106 valence electrons. The lowest BCUT2D eigenvalue weighted by molar-refractivity contribution is -0.142. The molecule has 0 unspecified atom stereocenters. The lowest BCUT2D eigenvalue weighted by atomic mass is 10.2. The minimum atomic E-state index is -0.494. The van der Waals surface area contributed by atoms with Crippen LogP contribution in [0, 0.1) is 6.92 Å². The first-order valence-corrected chi connectivity index (χ1v) is 7.04. The number of carbonyl (C=O) groups excluding carboxylic acids is 1. The monoisotopic (exact) mass is 293 g/mol. The zero-order valence-electron chi connectivity index (χ0n) is 11.2. The fraction of sp³-hybridized carbons (Fsp3) is 0.308. The Morgan fingerprint density at radius 2 is 2.25 bits per heavy atom. The van der Waals surface area contributed by atoms with Crippen molar-refractivity contribution < 1.29 is 9.53 Å². The molecule has 0 fully saturated rings. The van der Waals surface area contributed by atoms with Crippen molar-refractivity contribution in [2.75, 3.05) is 12.3 Å². The van der Waals surface area contributed by atoms with E-state index in [9.17, 15) is 9.59 Å². The highest BCUT2D eigenvalue weighted by molar-refractivity contribution is 7.08. The number of nitrogens with zero attached hydrogens (tertiary/aromatic N) is 1. The third-order valence-electron chi connectivity index (χ3n) is 2.78. The lowest BCUT2D eigenvalue weighted by Gasteiger charge is -2.06. The summed E-state index contributed by atoms with van der Waals surface area (Å²) in [5.74, 6) is -0.0211. The van der Waals surface area contributed by atoms with Gasteiger partial charge >= 0.3 is 5.97 Å². The molecular weight excluding hydrogens is 278 g/mol. The van der Waals surface area contributed by atoms with Gasteiger partial charge in [0, 0.05) is 10.9 Å². The largest absolute Gasteiger partial charge is 0.466 e. The lowest BCUT2D eigenvalue weighted by Crippen LogP contribution is -2.22. The number of hydrogen-bond acceptors (Lipinski definition) is 6. The van der Waals surface area contributed by atoms with Crippen LogP contribution in [0.5, 0.6) is 0 Å². The molecule has 0 atom stereocenters. The molecule has 0 aromatic carbocycles.